The first-order valence-corrected chi connectivity index (χ1v) is 5.68. The number of hydrogen-bond acceptors (Lipinski definition) is 3. The molecule has 0 amide bonds. The summed E-state index contributed by atoms with van der Waals surface area (Å²) < 4.78 is 5.29. The fourth-order valence-corrected chi connectivity index (χ4v) is 1.99. The van der Waals surface area contributed by atoms with Crippen LogP contribution in [-0.4, -0.2) is 17.2 Å². The van der Waals surface area contributed by atoms with Crippen molar-refractivity contribution >= 4 is 23.6 Å². The van der Waals surface area contributed by atoms with Crippen LogP contribution in [0.2, 0.25) is 0 Å². The average Bonchev–Trinajstić information content (AvgIpc) is 2.86. The maximum absolute atomic E-state index is 9.04. The molecule has 2 aromatic carbocycles. The van der Waals surface area contributed by atoms with E-state index in [1.807, 2.05) is 36.4 Å². The van der Waals surface area contributed by atoms with Crippen molar-refractivity contribution in [2.45, 2.75) is 0 Å². The molecule has 3 rings (SSSR count). The Kier molecular flexibility index (Phi) is 2.66. The van der Waals surface area contributed by atoms with E-state index in [9.17, 15) is 0 Å². The fraction of sp³-hybridized carbons (Fsp3) is 0. The van der Waals surface area contributed by atoms with E-state index in [4.69, 9.17) is 14.5 Å². The van der Waals surface area contributed by atoms with Crippen molar-refractivity contribution in [1.82, 2.24) is 0 Å². The Labute approximate surface area is 104 Å². The van der Waals surface area contributed by atoms with Crippen molar-refractivity contribution in [3.8, 4) is 11.1 Å². The molecule has 0 fully saturated rings. The molecule has 0 aliphatic carbocycles. The second kappa shape index (κ2) is 4.33. The molecule has 1 heterocycles. The predicted octanol–water partition coefficient (Wildman–Crippen LogP) is 1.78. The summed E-state index contributed by atoms with van der Waals surface area (Å²) >= 11 is 0. The van der Waals surface area contributed by atoms with Crippen LogP contribution in [-0.2, 0) is 0 Å². The zero-order valence-corrected chi connectivity index (χ0v) is 9.58. The van der Waals surface area contributed by atoms with Crippen molar-refractivity contribution in [2.24, 2.45) is 0 Å². The Hall–Kier alpha value is -2.04. The molecule has 88 valence electrons. The largest absolute Gasteiger partial charge is 0.488 e. The van der Waals surface area contributed by atoms with Crippen LogP contribution in [0.25, 0.3) is 22.1 Å². The van der Waals surface area contributed by atoms with Gasteiger partial charge in [0.15, 0.2) is 0 Å². The Bertz CT molecular complexity index is 671. The summed E-state index contributed by atoms with van der Waals surface area (Å²) in [5.74, 6) is 0. The predicted molar refractivity (Wildman–Crippen MR) is 71.5 cm³/mol. The lowest BCUT2D eigenvalue weighted by molar-refractivity contribution is 0.426. The smallest absolute Gasteiger partial charge is 0.464 e. The van der Waals surface area contributed by atoms with Crippen molar-refractivity contribution in [3.63, 3.8) is 0 Å². The van der Waals surface area contributed by atoms with E-state index in [1.165, 1.54) is 0 Å². The van der Waals surface area contributed by atoms with Crippen molar-refractivity contribution in [1.29, 1.82) is 0 Å². The van der Waals surface area contributed by atoms with Crippen LogP contribution in [0, 0.1) is 0 Å². The Morgan fingerprint density at radius 1 is 0.833 bits per heavy atom. The molecular weight excluding hydrogens is 227 g/mol. The van der Waals surface area contributed by atoms with Crippen LogP contribution >= 0.6 is 0 Å². The van der Waals surface area contributed by atoms with Gasteiger partial charge in [0.1, 0.15) is 5.58 Å². The van der Waals surface area contributed by atoms with Crippen molar-refractivity contribution in [2.75, 3.05) is 0 Å². The van der Waals surface area contributed by atoms with E-state index in [0.29, 0.717) is 5.46 Å². The fourth-order valence-electron chi connectivity index (χ4n) is 1.99. The Morgan fingerprint density at radius 2 is 1.56 bits per heavy atom. The highest BCUT2D eigenvalue weighted by atomic mass is 16.4. The Balaban J connectivity index is 2.02. The zero-order chi connectivity index (χ0) is 12.5. The van der Waals surface area contributed by atoms with Gasteiger partial charge in [0.2, 0.25) is 0 Å². The maximum atomic E-state index is 9.04. The highest BCUT2D eigenvalue weighted by Crippen LogP contribution is 2.24. The standard InChI is InChI=1S/C14H11BO3/c16-15(17)13-4-1-10(2-5-13)11-3-6-14-12(9-11)7-8-18-14/h1-9,16-17H. The molecule has 0 unspecified atom stereocenters. The van der Waals surface area contributed by atoms with Gasteiger partial charge >= 0.3 is 7.12 Å². The lowest BCUT2D eigenvalue weighted by atomic mass is 9.80. The number of hydrogen-bond donors (Lipinski definition) is 2. The van der Waals surface area contributed by atoms with Gasteiger partial charge in [-0.2, -0.15) is 0 Å². The molecule has 0 aliphatic heterocycles. The van der Waals surface area contributed by atoms with Crippen LogP contribution in [0.5, 0.6) is 0 Å². The average molecular weight is 238 g/mol. The lowest BCUT2D eigenvalue weighted by Crippen LogP contribution is -2.29. The molecule has 0 saturated carbocycles. The summed E-state index contributed by atoms with van der Waals surface area (Å²) in [6, 6.07) is 15.0. The number of rotatable bonds is 2. The van der Waals surface area contributed by atoms with E-state index >= 15 is 0 Å². The molecule has 0 saturated heterocycles. The molecule has 3 aromatic rings. The van der Waals surface area contributed by atoms with Crippen LogP contribution in [0.1, 0.15) is 0 Å². The van der Waals surface area contributed by atoms with Gasteiger partial charge in [-0.3, -0.25) is 0 Å². The summed E-state index contributed by atoms with van der Waals surface area (Å²) in [5, 5.41) is 19.1. The summed E-state index contributed by atoms with van der Waals surface area (Å²) in [6.45, 7) is 0. The highest BCUT2D eigenvalue weighted by molar-refractivity contribution is 6.58. The second-order valence-corrected chi connectivity index (χ2v) is 4.17. The van der Waals surface area contributed by atoms with Gasteiger partial charge < -0.3 is 14.5 Å². The molecule has 18 heavy (non-hydrogen) atoms. The van der Waals surface area contributed by atoms with Gasteiger partial charge in [0, 0.05) is 5.39 Å². The van der Waals surface area contributed by atoms with Gasteiger partial charge in [0.05, 0.1) is 6.26 Å². The minimum atomic E-state index is -1.42. The zero-order valence-electron chi connectivity index (χ0n) is 9.58. The van der Waals surface area contributed by atoms with E-state index < -0.39 is 7.12 Å². The van der Waals surface area contributed by atoms with E-state index in [1.54, 1.807) is 18.4 Å². The van der Waals surface area contributed by atoms with E-state index in [2.05, 4.69) is 0 Å². The van der Waals surface area contributed by atoms with E-state index in [-0.39, 0.29) is 0 Å². The molecule has 0 spiro atoms. The third kappa shape index (κ3) is 1.92. The monoisotopic (exact) mass is 238 g/mol. The summed E-state index contributed by atoms with van der Waals surface area (Å²) in [7, 11) is -1.42. The summed E-state index contributed by atoms with van der Waals surface area (Å²) in [6.07, 6.45) is 1.67. The Morgan fingerprint density at radius 3 is 2.28 bits per heavy atom. The van der Waals surface area contributed by atoms with Crippen molar-refractivity contribution in [3.05, 3.63) is 54.8 Å². The molecule has 1 aromatic heterocycles. The molecule has 0 atom stereocenters. The number of fused-ring (bicyclic) bond motifs is 1. The molecule has 2 N–H and O–H groups in total. The minimum Gasteiger partial charge on any atom is -0.464 e. The van der Waals surface area contributed by atoms with Crippen molar-refractivity contribution < 1.29 is 14.5 Å². The van der Waals surface area contributed by atoms with Gasteiger partial charge in [0.25, 0.3) is 0 Å². The highest BCUT2D eigenvalue weighted by Gasteiger charge is 2.10. The van der Waals surface area contributed by atoms with Crippen LogP contribution < -0.4 is 5.46 Å². The molecular formula is C14H11BO3. The molecule has 4 heteroatoms. The SMILES string of the molecule is OB(O)c1ccc(-c2ccc3occc3c2)cc1. The third-order valence-corrected chi connectivity index (χ3v) is 2.99. The van der Waals surface area contributed by atoms with E-state index in [0.717, 1.165) is 22.1 Å². The van der Waals surface area contributed by atoms with Gasteiger partial charge in [-0.1, -0.05) is 30.3 Å². The number of furan rings is 1. The summed E-state index contributed by atoms with van der Waals surface area (Å²) in [4.78, 5) is 0. The molecule has 3 nitrogen and oxygen atoms in total. The quantitative estimate of drug-likeness (QED) is 0.669. The topological polar surface area (TPSA) is 53.6 Å². The lowest BCUT2D eigenvalue weighted by Gasteiger charge is -2.04. The molecule has 0 bridgehead atoms. The normalized spacial score (nSPS) is 10.8. The van der Waals surface area contributed by atoms with Crippen LogP contribution in [0.15, 0.2) is 59.2 Å². The first-order chi connectivity index (χ1) is 8.74. The summed E-state index contributed by atoms with van der Waals surface area (Å²) in [5.41, 5.74) is 3.45. The molecule has 0 aliphatic rings. The third-order valence-electron chi connectivity index (χ3n) is 2.99. The molecule has 0 radical (unpaired) electrons. The van der Waals surface area contributed by atoms with Gasteiger partial charge in [-0.15, -0.1) is 0 Å². The first kappa shape index (κ1) is 11.1. The van der Waals surface area contributed by atoms with Crippen LogP contribution in [0.4, 0.5) is 0 Å². The first-order valence-electron chi connectivity index (χ1n) is 5.68. The maximum Gasteiger partial charge on any atom is 0.488 e. The van der Waals surface area contributed by atoms with Crippen LogP contribution in [0.3, 0.4) is 0 Å². The minimum absolute atomic E-state index is 0.489. The second-order valence-electron chi connectivity index (χ2n) is 4.17. The number of benzene rings is 2. The van der Waals surface area contributed by atoms with Gasteiger partial charge in [-0.25, -0.2) is 0 Å². The van der Waals surface area contributed by atoms with Gasteiger partial charge in [-0.05, 0) is 34.8 Å².